The molecule has 1 N–H and O–H groups in total. The zero-order chi connectivity index (χ0) is 13.1. The van der Waals surface area contributed by atoms with Crippen LogP contribution in [-0.4, -0.2) is 5.11 Å². The maximum atomic E-state index is 10.3. The van der Waals surface area contributed by atoms with Crippen LogP contribution in [0.3, 0.4) is 0 Å². The first-order valence-electron chi connectivity index (χ1n) is 6.06. The largest absolute Gasteiger partial charge is 0.388 e. The van der Waals surface area contributed by atoms with E-state index in [1.807, 2.05) is 56.3 Å². The summed E-state index contributed by atoms with van der Waals surface area (Å²) in [7, 11) is 0. The lowest BCUT2D eigenvalue weighted by Crippen LogP contribution is -2.04. The zero-order valence-electron chi connectivity index (χ0n) is 10.7. The number of aliphatic hydroxyl groups is 1. The van der Waals surface area contributed by atoms with Gasteiger partial charge in [-0.15, -0.1) is 0 Å². The number of halogens is 1. The number of hydrogen-bond donors (Lipinski definition) is 1. The van der Waals surface area contributed by atoms with Gasteiger partial charge in [0.05, 0.1) is 6.10 Å². The van der Waals surface area contributed by atoms with Crippen molar-refractivity contribution in [3.05, 3.63) is 69.7 Å². The van der Waals surface area contributed by atoms with E-state index in [1.54, 1.807) is 0 Å². The summed E-state index contributed by atoms with van der Waals surface area (Å²) >= 11 is 6.19. The topological polar surface area (TPSA) is 20.2 Å². The third-order valence-corrected chi connectivity index (χ3v) is 3.52. The van der Waals surface area contributed by atoms with Crippen LogP contribution in [0.5, 0.6) is 0 Å². The summed E-state index contributed by atoms with van der Waals surface area (Å²) in [5.74, 6) is 0. The molecule has 1 atom stereocenters. The fraction of sp³-hybridized carbons (Fsp3) is 0.250. The summed E-state index contributed by atoms with van der Waals surface area (Å²) in [4.78, 5) is 0. The van der Waals surface area contributed by atoms with Crippen LogP contribution in [0.2, 0.25) is 5.02 Å². The van der Waals surface area contributed by atoms with E-state index in [9.17, 15) is 5.11 Å². The molecule has 0 aliphatic heterocycles. The first-order valence-corrected chi connectivity index (χ1v) is 6.44. The van der Waals surface area contributed by atoms with Crippen molar-refractivity contribution >= 4 is 11.6 Å². The Hall–Kier alpha value is -1.31. The predicted molar refractivity (Wildman–Crippen MR) is 76.0 cm³/mol. The molecule has 0 aliphatic carbocycles. The Morgan fingerprint density at radius 3 is 2.50 bits per heavy atom. The highest BCUT2D eigenvalue weighted by Crippen LogP contribution is 2.25. The monoisotopic (exact) mass is 260 g/mol. The number of aryl methyl sites for hydroxylation is 2. The fourth-order valence-corrected chi connectivity index (χ4v) is 2.41. The second kappa shape index (κ2) is 5.55. The molecule has 0 saturated heterocycles. The van der Waals surface area contributed by atoms with Gasteiger partial charge in [0, 0.05) is 11.4 Å². The van der Waals surface area contributed by atoms with Crippen molar-refractivity contribution in [3.8, 4) is 0 Å². The number of benzene rings is 2. The standard InChI is InChI=1S/C16H17ClO/c1-11-7-8-13(15(17)9-11)10-16(18)14-6-4-3-5-12(14)2/h3-9,16,18H,10H2,1-2H3. The minimum atomic E-state index is -0.508. The molecule has 1 unspecified atom stereocenters. The summed E-state index contributed by atoms with van der Waals surface area (Å²) in [6.45, 7) is 4.02. The molecule has 0 spiro atoms. The third-order valence-electron chi connectivity index (χ3n) is 3.17. The van der Waals surface area contributed by atoms with Crippen molar-refractivity contribution in [1.82, 2.24) is 0 Å². The third kappa shape index (κ3) is 2.92. The first-order chi connectivity index (χ1) is 8.58. The minimum Gasteiger partial charge on any atom is -0.388 e. The van der Waals surface area contributed by atoms with Gasteiger partial charge in [-0.3, -0.25) is 0 Å². The van der Waals surface area contributed by atoms with Crippen molar-refractivity contribution in [3.63, 3.8) is 0 Å². The molecular weight excluding hydrogens is 244 g/mol. The van der Waals surface area contributed by atoms with Crippen LogP contribution in [0.1, 0.15) is 28.4 Å². The highest BCUT2D eigenvalue weighted by molar-refractivity contribution is 6.31. The summed E-state index contributed by atoms with van der Waals surface area (Å²) in [6.07, 6.45) is 0.0376. The molecule has 0 fully saturated rings. The Labute approximate surface area is 113 Å². The van der Waals surface area contributed by atoms with Gasteiger partial charge in [-0.1, -0.05) is 48.0 Å². The van der Waals surface area contributed by atoms with Gasteiger partial charge < -0.3 is 5.11 Å². The first kappa shape index (κ1) is 13.1. The van der Waals surface area contributed by atoms with E-state index in [4.69, 9.17) is 11.6 Å². The van der Waals surface area contributed by atoms with Crippen LogP contribution in [0.15, 0.2) is 42.5 Å². The molecule has 0 bridgehead atoms. The average molecular weight is 261 g/mol. The Morgan fingerprint density at radius 1 is 1.11 bits per heavy atom. The van der Waals surface area contributed by atoms with Crippen molar-refractivity contribution < 1.29 is 5.11 Å². The fourth-order valence-electron chi connectivity index (χ4n) is 2.10. The van der Waals surface area contributed by atoms with Gasteiger partial charge in [0.25, 0.3) is 0 Å². The Balaban J connectivity index is 2.21. The molecule has 0 aliphatic rings. The smallest absolute Gasteiger partial charge is 0.0833 e. The molecule has 2 aromatic rings. The van der Waals surface area contributed by atoms with Gasteiger partial charge in [-0.2, -0.15) is 0 Å². The quantitative estimate of drug-likeness (QED) is 0.876. The van der Waals surface area contributed by atoms with Crippen molar-refractivity contribution in [1.29, 1.82) is 0 Å². The molecule has 94 valence electrons. The van der Waals surface area contributed by atoms with E-state index in [0.717, 1.165) is 27.3 Å². The van der Waals surface area contributed by atoms with Crippen molar-refractivity contribution in [2.75, 3.05) is 0 Å². The van der Waals surface area contributed by atoms with Crippen molar-refractivity contribution in [2.24, 2.45) is 0 Å². The minimum absolute atomic E-state index is 0.508. The SMILES string of the molecule is Cc1ccc(CC(O)c2ccccc2C)c(Cl)c1. The van der Waals surface area contributed by atoms with Crippen LogP contribution in [0, 0.1) is 13.8 Å². The second-order valence-electron chi connectivity index (χ2n) is 4.67. The lowest BCUT2D eigenvalue weighted by molar-refractivity contribution is 0.178. The molecule has 18 heavy (non-hydrogen) atoms. The number of hydrogen-bond acceptors (Lipinski definition) is 1. The molecule has 0 heterocycles. The van der Waals surface area contributed by atoms with E-state index >= 15 is 0 Å². The summed E-state index contributed by atoms with van der Waals surface area (Å²) in [5.41, 5.74) is 4.19. The maximum Gasteiger partial charge on any atom is 0.0833 e. The number of aliphatic hydroxyl groups excluding tert-OH is 1. The lowest BCUT2D eigenvalue weighted by atomic mass is 9.97. The summed E-state index contributed by atoms with van der Waals surface area (Å²) in [6, 6.07) is 13.8. The maximum absolute atomic E-state index is 10.3. The van der Waals surface area contributed by atoms with Crippen molar-refractivity contribution in [2.45, 2.75) is 26.4 Å². The molecule has 0 amide bonds. The van der Waals surface area contributed by atoms with E-state index in [2.05, 4.69) is 0 Å². The van der Waals surface area contributed by atoms with Crippen LogP contribution in [0.25, 0.3) is 0 Å². The molecule has 0 radical (unpaired) electrons. The van der Waals surface area contributed by atoms with E-state index in [0.29, 0.717) is 6.42 Å². The Kier molecular flexibility index (Phi) is 4.05. The van der Waals surface area contributed by atoms with Gasteiger partial charge in [0.15, 0.2) is 0 Å². The van der Waals surface area contributed by atoms with Crippen LogP contribution in [0.4, 0.5) is 0 Å². The Bertz CT molecular complexity index is 549. The number of rotatable bonds is 3. The van der Waals surface area contributed by atoms with Gasteiger partial charge in [-0.05, 0) is 42.2 Å². The van der Waals surface area contributed by atoms with Crippen LogP contribution in [-0.2, 0) is 6.42 Å². The summed E-state index contributed by atoms with van der Waals surface area (Å²) in [5, 5.41) is 11.0. The molecule has 2 heteroatoms. The molecule has 1 nitrogen and oxygen atoms in total. The predicted octanol–water partition coefficient (Wildman–Crippen LogP) is 4.23. The highest BCUT2D eigenvalue weighted by Gasteiger charge is 2.12. The summed E-state index contributed by atoms with van der Waals surface area (Å²) < 4.78 is 0. The van der Waals surface area contributed by atoms with Crippen LogP contribution >= 0.6 is 11.6 Å². The molecule has 0 aromatic heterocycles. The van der Waals surface area contributed by atoms with E-state index in [1.165, 1.54) is 0 Å². The molecular formula is C16H17ClO. The average Bonchev–Trinajstić information content (AvgIpc) is 2.33. The van der Waals surface area contributed by atoms with Gasteiger partial charge in [-0.25, -0.2) is 0 Å². The molecule has 2 rings (SSSR count). The van der Waals surface area contributed by atoms with E-state index in [-0.39, 0.29) is 0 Å². The van der Waals surface area contributed by atoms with Gasteiger partial charge in [0.2, 0.25) is 0 Å². The van der Waals surface area contributed by atoms with E-state index < -0.39 is 6.10 Å². The zero-order valence-corrected chi connectivity index (χ0v) is 11.4. The Morgan fingerprint density at radius 2 is 1.83 bits per heavy atom. The second-order valence-corrected chi connectivity index (χ2v) is 5.08. The normalized spacial score (nSPS) is 12.4. The van der Waals surface area contributed by atoms with Gasteiger partial charge in [0.1, 0.15) is 0 Å². The van der Waals surface area contributed by atoms with Crippen LogP contribution < -0.4 is 0 Å². The highest BCUT2D eigenvalue weighted by atomic mass is 35.5. The molecule has 2 aromatic carbocycles. The van der Waals surface area contributed by atoms with Gasteiger partial charge >= 0.3 is 0 Å². The lowest BCUT2D eigenvalue weighted by Gasteiger charge is -2.14. The molecule has 0 saturated carbocycles.